The Labute approximate surface area is 83.0 Å². The van der Waals surface area contributed by atoms with Gasteiger partial charge in [0.15, 0.2) is 0 Å². The molecule has 4 heteroatoms. The molecule has 2 heterocycles. The first-order chi connectivity index (χ1) is 6.88. The fourth-order valence-corrected chi connectivity index (χ4v) is 1.17. The first kappa shape index (κ1) is 9.58. The lowest BCUT2D eigenvalue weighted by atomic mass is 10.2. The molecule has 14 heavy (non-hydrogen) atoms. The average molecular weight is 194 g/mol. The van der Waals surface area contributed by atoms with Crippen LogP contribution in [0.2, 0.25) is 0 Å². The molecule has 2 N–H and O–H groups in total. The molecule has 0 unspecified atom stereocenters. The van der Waals surface area contributed by atoms with Gasteiger partial charge in [0, 0.05) is 12.7 Å². The van der Waals surface area contributed by atoms with Gasteiger partial charge in [-0.2, -0.15) is 0 Å². The summed E-state index contributed by atoms with van der Waals surface area (Å²) in [5.41, 5.74) is 7.45. The first-order valence-electron chi connectivity index (χ1n) is 4.71. The van der Waals surface area contributed by atoms with Crippen molar-refractivity contribution in [3.8, 4) is 0 Å². The Morgan fingerprint density at radius 3 is 2.86 bits per heavy atom. The lowest BCUT2D eigenvalue weighted by Gasteiger charge is -2.25. The topological polar surface area (TPSA) is 57.4 Å². The first-order valence-corrected chi connectivity index (χ1v) is 4.71. The van der Waals surface area contributed by atoms with E-state index in [0.29, 0.717) is 26.4 Å². The van der Waals surface area contributed by atoms with Crippen LogP contribution in [0.15, 0.2) is 18.3 Å². The third kappa shape index (κ3) is 2.29. The van der Waals surface area contributed by atoms with E-state index in [9.17, 15) is 0 Å². The second-order valence-electron chi connectivity index (χ2n) is 3.33. The molecule has 0 atom stereocenters. The molecule has 1 aliphatic heterocycles. The third-order valence-corrected chi connectivity index (χ3v) is 2.20. The van der Waals surface area contributed by atoms with Gasteiger partial charge in [-0.25, -0.2) is 0 Å². The van der Waals surface area contributed by atoms with Crippen LogP contribution in [-0.4, -0.2) is 24.3 Å². The van der Waals surface area contributed by atoms with Gasteiger partial charge in [-0.3, -0.25) is 4.98 Å². The molecule has 0 radical (unpaired) electrons. The minimum Gasteiger partial charge on any atom is -0.376 e. The molecule has 0 saturated carbocycles. The van der Waals surface area contributed by atoms with E-state index < -0.39 is 0 Å². The molecular formula is C10H14N2O2. The van der Waals surface area contributed by atoms with Crippen molar-refractivity contribution in [1.82, 2.24) is 4.98 Å². The number of hydrogen-bond acceptors (Lipinski definition) is 4. The van der Waals surface area contributed by atoms with Crippen LogP contribution in [0.1, 0.15) is 11.3 Å². The zero-order valence-corrected chi connectivity index (χ0v) is 7.98. The predicted octanol–water partition coefficient (Wildman–Crippen LogP) is 0.456. The summed E-state index contributed by atoms with van der Waals surface area (Å²) < 4.78 is 10.5. The highest BCUT2D eigenvalue weighted by molar-refractivity contribution is 5.13. The van der Waals surface area contributed by atoms with E-state index in [4.69, 9.17) is 15.2 Å². The number of pyridine rings is 1. The van der Waals surface area contributed by atoms with Crippen molar-refractivity contribution < 1.29 is 9.47 Å². The summed E-state index contributed by atoms with van der Waals surface area (Å²) in [6, 6.07) is 3.92. The molecule has 1 aromatic rings. The second kappa shape index (κ2) is 4.50. The van der Waals surface area contributed by atoms with Gasteiger partial charge in [-0.05, 0) is 11.6 Å². The molecule has 0 spiro atoms. The largest absolute Gasteiger partial charge is 0.376 e. The molecule has 76 valence electrons. The van der Waals surface area contributed by atoms with E-state index in [1.807, 2.05) is 12.1 Å². The molecule has 0 aliphatic carbocycles. The maximum atomic E-state index is 5.52. The summed E-state index contributed by atoms with van der Waals surface area (Å²) in [4.78, 5) is 4.23. The number of rotatable bonds is 4. The van der Waals surface area contributed by atoms with Gasteiger partial charge >= 0.3 is 0 Å². The van der Waals surface area contributed by atoms with Crippen LogP contribution in [0.3, 0.4) is 0 Å². The highest BCUT2D eigenvalue weighted by Crippen LogP contribution is 2.08. The van der Waals surface area contributed by atoms with Crippen molar-refractivity contribution in [2.45, 2.75) is 19.3 Å². The van der Waals surface area contributed by atoms with Gasteiger partial charge < -0.3 is 15.2 Å². The van der Waals surface area contributed by atoms with Crippen LogP contribution in [0.25, 0.3) is 0 Å². The van der Waals surface area contributed by atoms with Gasteiger partial charge in [-0.15, -0.1) is 0 Å². The van der Waals surface area contributed by atoms with Gasteiger partial charge in [0.2, 0.25) is 0 Å². The van der Waals surface area contributed by atoms with E-state index in [1.54, 1.807) is 6.20 Å². The third-order valence-electron chi connectivity index (χ3n) is 2.20. The van der Waals surface area contributed by atoms with Crippen LogP contribution in [0.5, 0.6) is 0 Å². The SMILES string of the molecule is NCc1ccc(COC2COC2)nc1. The number of nitrogens with two attached hydrogens (primary N) is 1. The van der Waals surface area contributed by atoms with Gasteiger partial charge in [0.1, 0.15) is 6.10 Å². The number of nitrogens with zero attached hydrogens (tertiary/aromatic N) is 1. The monoisotopic (exact) mass is 194 g/mol. The average Bonchev–Trinajstić information content (AvgIpc) is 2.16. The highest BCUT2D eigenvalue weighted by atomic mass is 16.6. The Kier molecular flexibility index (Phi) is 3.08. The van der Waals surface area contributed by atoms with E-state index in [2.05, 4.69) is 4.98 Å². The zero-order chi connectivity index (χ0) is 9.80. The predicted molar refractivity (Wildman–Crippen MR) is 51.5 cm³/mol. The summed E-state index contributed by atoms with van der Waals surface area (Å²) in [5, 5.41) is 0. The minimum atomic E-state index is 0.256. The van der Waals surface area contributed by atoms with Crippen molar-refractivity contribution in [2.24, 2.45) is 5.73 Å². The van der Waals surface area contributed by atoms with Crippen LogP contribution >= 0.6 is 0 Å². The summed E-state index contributed by atoms with van der Waals surface area (Å²) in [5.74, 6) is 0. The van der Waals surface area contributed by atoms with E-state index in [1.165, 1.54) is 0 Å². The molecule has 1 aromatic heterocycles. The molecule has 4 nitrogen and oxygen atoms in total. The standard InChI is InChI=1S/C10H14N2O2/c11-3-8-1-2-9(12-4-8)5-14-10-6-13-7-10/h1-2,4,10H,3,5-7,11H2. The summed E-state index contributed by atoms with van der Waals surface area (Å²) in [6.07, 6.45) is 2.04. The summed E-state index contributed by atoms with van der Waals surface area (Å²) in [6.45, 7) is 2.51. The molecule has 1 aliphatic rings. The quantitative estimate of drug-likeness (QED) is 0.756. The second-order valence-corrected chi connectivity index (χ2v) is 3.33. The molecule has 0 aromatic carbocycles. The number of ether oxygens (including phenoxy) is 2. The van der Waals surface area contributed by atoms with Crippen LogP contribution in [0.4, 0.5) is 0 Å². The van der Waals surface area contributed by atoms with Gasteiger partial charge in [-0.1, -0.05) is 6.07 Å². The van der Waals surface area contributed by atoms with Crippen LogP contribution in [-0.2, 0) is 22.6 Å². The minimum absolute atomic E-state index is 0.256. The highest BCUT2D eigenvalue weighted by Gasteiger charge is 2.18. The molecular weight excluding hydrogens is 180 g/mol. The van der Waals surface area contributed by atoms with E-state index in [0.717, 1.165) is 11.3 Å². The Bertz CT molecular complexity index is 283. The Balaban J connectivity index is 1.83. The fraction of sp³-hybridized carbons (Fsp3) is 0.500. The number of hydrogen-bond donors (Lipinski definition) is 1. The molecule has 1 saturated heterocycles. The summed E-state index contributed by atoms with van der Waals surface area (Å²) >= 11 is 0. The number of aromatic nitrogens is 1. The van der Waals surface area contributed by atoms with Crippen molar-refractivity contribution >= 4 is 0 Å². The molecule has 0 amide bonds. The van der Waals surface area contributed by atoms with Crippen molar-refractivity contribution in [1.29, 1.82) is 0 Å². The lowest BCUT2D eigenvalue weighted by Crippen LogP contribution is -2.35. The fourth-order valence-electron chi connectivity index (χ4n) is 1.17. The Morgan fingerprint density at radius 1 is 1.50 bits per heavy atom. The lowest BCUT2D eigenvalue weighted by molar-refractivity contribution is -0.135. The summed E-state index contributed by atoms with van der Waals surface area (Å²) in [7, 11) is 0. The van der Waals surface area contributed by atoms with Gasteiger partial charge in [0.05, 0.1) is 25.5 Å². The van der Waals surface area contributed by atoms with Crippen LogP contribution in [0, 0.1) is 0 Å². The molecule has 1 fully saturated rings. The van der Waals surface area contributed by atoms with Crippen molar-refractivity contribution in [2.75, 3.05) is 13.2 Å². The van der Waals surface area contributed by atoms with E-state index >= 15 is 0 Å². The molecule has 0 bridgehead atoms. The Hall–Kier alpha value is -0.970. The smallest absolute Gasteiger partial charge is 0.105 e. The normalized spacial score (nSPS) is 16.6. The Morgan fingerprint density at radius 2 is 2.36 bits per heavy atom. The zero-order valence-electron chi connectivity index (χ0n) is 7.98. The van der Waals surface area contributed by atoms with Crippen molar-refractivity contribution in [3.05, 3.63) is 29.6 Å². The van der Waals surface area contributed by atoms with Crippen LogP contribution < -0.4 is 5.73 Å². The maximum absolute atomic E-state index is 5.52. The van der Waals surface area contributed by atoms with E-state index in [-0.39, 0.29) is 6.10 Å². The molecule has 2 rings (SSSR count). The van der Waals surface area contributed by atoms with Crippen molar-refractivity contribution in [3.63, 3.8) is 0 Å². The van der Waals surface area contributed by atoms with Gasteiger partial charge in [0.25, 0.3) is 0 Å². The maximum Gasteiger partial charge on any atom is 0.105 e.